The topological polar surface area (TPSA) is 59.0 Å². The van der Waals surface area contributed by atoms with E-state index in [9.17, 15) is 4.79 Å². The quantitative estimate of drug-likeness (QED) is 0.761. The standard InChI is InChI=1S/C13H20N4O/c1-5-12(10(2)3)16-13(18)14-8-6-11-7-9-15-17(11)4/h1,7,9-10,12H,6,8H2,2-4H3,(H2,14,16,18). The van der Waals surface area contributed by atoms with Crippen LogP contribution in [-0.4, -0.2) is 28.4 Å². The summed E-state index contributed by atoms with van der Waals surface area (Å²) in [4.78, 5) is 11.6. The predicted octanol–water partition coefficient (Wildman–Crippen LogP) is 0.920. The predicted molar refractivity (Wildman–Crippen MR) is 70.9 cm³/mol. The molecule has 0 saturated heterocycles. The number of amides is 2. The Labute approximate surface area is 108 Å². The molecule has 1 rings (SSSR count). The molecule has 0 aliphatic rings. The van der Waals surface area contributed by atoms with Crippen molar-refractivity contribution in [3.63, 3.8) is 0 Å². The lowest BCUT2D eigenvalue weighted by molar-refractivity contribution is 0.237. The average molecular weight is 248 g/mol. The molecule has 18 heavy (non-hydrogen) atoms. The lowest BCUT2D eigenvalue weighted by Gasteiger charge is -2.16. The Morgan fingerprint density at radius 3 is 2.83 bits per heavy atom. The summed E-state index contributed by atoms with van der Waals surface area (Å²) in [6.45, 7) is 4.50. The minimum atomic E-state index is -0.235. The smallest absolute Gasteiger partial charge is 0.315 e. The van der Waals surface area contributed by atoms with E-state index in [2.05, 4.69) is 21.7 Å². The molecule has 2 amide bonds. The maximum Gasteiger partial charge on any atom is 0.315 e. The first-order valence-corrected chi connectivity index (χ1v) is 6.02. The Morgan fingerprint density at radius 1 is 1.61 bits per heavy atom. The van der Waals surface area contributed by atoms with Crippen molar-refractivity contribution >= 4 is 6.03 Å². The molecule has 0 fully saturated rings. The largest absolute Gasteiger partial charge is 0.338 e. The minimum absolute atomic E-state index is 0.220. The van der Waals surface area contributed by atoms with Gasteiger partial charge in [0.2, 0.25) is 0 Å². The number of urea groups is 1. The highest BCUT2D eigenvalue weighted by molar-refractivity contribution is 5.74. The third kappa shape index (κ3) is 4.13. The molecule has 0 aliphatic carbocycles. The van der Waals surface area contributed by atoms with Gasteiger partial charge in [-0.1, -0.05) is 19.8 Å². The molecule has 5 heteroatoms. The highest BCUT2D eigenvalue weighted by Crippen LogP contribution is 1.99. The van der Waals surface area contributed by atoms with Crippen LogP contribution in [-0.2, 0) is 13.5 Å². The van der Waals surface area contributed by atoms with Gasteiger partial charge < -0.3 is 10.6 Å². The number of terminal acetylenes is 1. The van der Waals surface area contributed by atoms with Gasteiger partial charge in [-0.25, -0.2) is 4.79 Å². The molecule has 0 radical (unpaired) electrons. The molecule has 0 bridgehead atoms. The zero-order valence-corrected chi connectivity index (χ0v) is 11.1. The van der Waals surface area contributed by atoms with Gasteiger partial charge >= 0.3 is 6.03 Å². The van der Waals surface area contributed by atoms with Gasteiger partial charge in [0.05, 0.1) is 6.04 Å². The molecule has 1 unspecified atom stereocenters. The molecule has 1 aromatic rings. The summed E-state index contributed by atoms with van der Waals surface area (Å²) in [6.07, 6.45) is 7.82. The Balaban J connectivity index is 2.30. The molecule has 0 saturated carbocycles. The van der Waals surface area contributed by atoms with Crippen LogP contribution in [0.15, 0.2) is 12.3 Å². The lowest BCUT2D eigenvalue weighted by atomic mass is 10.1. The summed E-state index contributed by atoms with van der Waals surface area (Å²) in [5.41, 5.74) is 1.08. The van der Waals surface area contributed by atoms with Crippen molar-refractivity contribution in [2.75, 3.05) is 6.54 Å². The monoisotopic (exact) mass is 248 g/mol. The van der Waals surface area contributed by atoms with E-state index in [4.69, 9.17) is 6.42 Å². The summed E-state index contributed by atoms with van der Waals surface area (Å²) < 4.78 is 1.79. The number of hydrogen-bond donors (Lipinski definition) is 2. The molecule has 0 aliphatic heterocycles. The molecular weight excluding hydrogens is 228 g/mol. The third-order valence-corrected chi connectivity index (χ3v) is 2.72. The van der Waals surface area contributed by atoms with E-state index >= 15 is 0 Å². The number of hydrogen-bond acceptors (Lipinski definition) is 2. The highest BCUT2D eigenvalue weighted by atomic mass is 16.2. The van der Waals surface area contributed by atoms with Crippen molar-refractivity contribution in [1.82, 2.24) is 20.4 Å². The summed E-state index contributed by atoms with van der Waals surface area (Å²) in [5.74, 6) is 2.78. The number of nitrogens with one attached hydrogen (secondary N) is 2. The molecule has 1 atom stereocenters. The maximum atomic E-state index is 11.6. The zero-order valence-electron chi connectivity index (χ0n) is 11.1. The van der Waals surface area contributed by atoms with Gasteiger partial charge in [0, 0.05) is 31.9 Å². The number of rotatable bonds is 5. The molecule has 0 spiro atoms. The zero-order chi connectivity index (χ0) is 13.5. The van der Waals surface area contributed by atoms with Gasteiger partial charge in [-0.05, 0) is 12.0 Å². The van der Waals surface area contributed by atoms with Crippen molar-refractivity contribution in [2.24, 2.45) is 13.0 Å². The first-order valence-electron chi connectivity index (χ1n) is 6.02. The van der Waals surface area contributed by atoms with Gasteiger partial charge in [0.15, 0.2) is 0 Å². The van der Waals surface area contributed by atoms with Crippen LogP contribution >= 0.6 is 0 Å². The first kappa shape index (κ1) is 14.1. The molecule has 98 valence electrons. The van der Waals surface area contributed by atoms with Crippen LogP contribution in [0.3, 0.4) is 0 Å². The SMILES string of the molecule is C#CC(NC(=O)NCCc1ccnn1C)C(C)C. The van der Waals surface area contributed by atoms with Crippen molar-refractivity contribution in [3.8, 4) is 12.3 Å². The summed E-state index contributed by atoms with van der Waals surface area (Å²) in [6, 6.07) is 1.47. The fourth-order valence-corrected chi connectivity index (χ4v) is 1.54. The van der Waals surface area contributed by atoms with Crippen molar-refractivity contribution in [1.29, 1.82) is 0 Å². The second kappa shape index (κ2) is 6.70. The van der Waals surface area contributed by atoms with Crippen molar-refractivity contribution in [3.05, 3.63) is 18.0 Å². The average Bonchev–Trinajstić information content (AvgIpc) is 2.71. The number of nitrogens with zero attached hydrogens (tertiary/aromatic N) is 2. The van der Waals surface area contributed by atoms with Crippen LogP contribution in [0.4, 0.5) is 4.79 Å². The van der Waals surface area contributed by atoms with E-state index in [1.54, 1.807) is 10.9 Å². The number of aryl methyl sites for hydroxylation is 1. The van der Waals surface area contributed by atoms with Gasteiger partial charge in [-0.3, -0.25) is 4.68 Å². The number of carbonyl (C=O) groups excluding carboxylic acids is 1. The second-order valence-electron chi connectivity index (χ2n) is 4.48. The molecular formula is C13H20N4O. The third-order valence-electron chi connectivity index (χ3n) is 2.72. The van der Waals surface area contributed by atoms with Gasteiger partial charge in [-0.2, -0.15) is 5.10 Å². The Hall–Kier alpha value is -1.96. The lowest BCUT2D eigenvalue weighted by Crippen LogP contribution is -2.44. The van der Waals surface area contributed by atoms with Crippen LogP contribution < -0.4 is 10.6 Å². The van der Waals surface area contributed by atoms with Crippen LogP contribution in [0, 0.1) is 18.3 Å². The fourth-order valence-electron chi connectivity index (χ4n) is 1.54. The highest BCUT2D eigenvalue weighted by Gasteiger charge is 2.12. The Bertz CT molecular complexity index is 430. The molecule has 1 heterocycles. The van der Waals surface area contributed by atoms with Crippen molar-refractivity contribution < 1.29 is 4.79 Å². The van der Waals surface area contributed by atoms with Crippen LogP contribution in [0.25, 0.3) is 0 Å². The van der Waals surface area contributed by atoms with E-state index in [0.717, 1.165) is 12.1 Å². The summed E-state index contributed by atoms with van der Waals surface area (Å²) in [5, 5.41) is 9.59. The van der Waals surface area contributed by atoms with Gasteiger partial charge in [0.1, 0.15) is 0 Å². The number of carbonyl (C=O) groups is 1. The normalized spacial score (nSPS) is 11.9. The molecule has 2 N–H and O–H groups in total. The molecule has 1 aromatic heterocycles. The summed E-state index contributed by atoms with van der Waals surface area (Å²) in [7, 11) is 1.88. The van der Waals surface area contributed by atoms with Crippen LogP contribution in [0.1, 0.15) is 19.5 Å². The van der Waals surface area contributed by atoms with Crippen molar-refractivity contribution in [2.45, 2.75) is 26.3 Å². The molecule has 5 nitrogen and oxygen atoms in total. The van der Waals surface area contributed by atoms with Gasteiger partial charge in [-0.15, -0.1) is 6.42 Å². The van der Waals surface area contributed by atoms with E-state index < -0.39 is 0 Å². The summed E-state index contributed by atoms with van der Waals surface area (Å²) >= 11 is 0. The van der Waals surface area contributed by atoms with E-state index in [1.807, 2.05) is 27.0 Å². The molecule has 0 aromatic carbocycles. The van der Waals surface area contributed by atoms with E-state index in [-0.39, 0.29) is 18.0 Å². The van der Waals surface area contributed by atoms with E-state index in [0.29, 0.717) is 6.54 Å². The van der Waals surface area contributed by atoms with Gasteiger partial charge in [0.25, 0.3) is 0 Å². The Kier molecular flexibility index (Phi) is 5.25. The maximum absolute atomic E-state index is 11.6. The van der Waals surface area contributed by atoms with Crippen LogP contribution in [0.2, 0.25) is 0 Å². The second-order valence-corrected chi connectivity index (χ2v) is 4.48. The Morgan fingerprint density at radius 2 is 2.33 bits per heavy atom. The fraction of sp³-hybridized carbons (Fsp3) is 0.538. The van der Waals surface area contributed by atoms with Crippen LogP contribution in [0.5, 0.6) is 0 Å². The minimum Gasteiger partial charge on any atom is -0.338 e. The first-order chi connectivity index (χ1) is 8.54. The van der Waals surface area contributed by atoms with E-state index in [1.165, 1.54) is 0 Å². The number of aromatic nitrogens is 2.